The van der Waals surface area contributed by atoms with Crippen molar-refractivity contribution in [2.45, 2.75) is 13.2 Å². The molecule has 0 aliphatic carbocycles. The van der Waals surface area contributed by atoms with Crippen molar-refractivity contribution in [3.63, 3.8) is 0 Å². The van der Waals surface area contributed by atoms with Gasteiger partial charge in [-0.25, -0.2) is 0 Å². The molecule has 5 heteroatoms. The van der Waals surface area contributed by atoms with Gasteiger partial charge in [-0.1, -0.05) is 0 Å². The number of rotatable bonds is 9. The molecule has 0 aromatic heterocycles. The fourth-order valence-corrected chi connectivity index (χ4v) is 0.763. The predicted molar refractivity (Wildman–Crippen MR) is 50.0 cm³/mol. The van der Waals surface area contributed by atoms with Crippen molar-refractivity contribution in [1.82, 2.24) is 0 Å². The maximum Gasteiger partial charge on any atom is 0.151 e. The van der Waals surface area contributed by atoms with Crippen molar-refractivity contribution in [3.05, 3.63) is 0 Å². The van der Waals surface area contributed by atoms with E-state index in [2.05, 4.69) is 0 Å². The highest BCUT2D eigenvalue weighted by Gasteiger charge is 1.94. The summed E-state index contributed by atoms with van der Waals surface area (Å²) in [5.74, 6) is 0.505. The number of hydrogen-bond donors (Lipinski definition) is 1. The van der Waals surface area contributed by atoms with E-state index in [0.29, 0.717) is 38.9 Å². The molecule has 0 saturated carbocycles. The molecule has 0 aliphatic heterocycles. The molecule has 0 bridgehead atoms. The summed E-state index contributed by atoms with van der Waals surface area (Å²) in [6.07, 6.45) is -0.726. The summed E-state index contributed by atoms with van der Waals surface area (Å²) in [6, 6.07) is 0. The van der Waals surface area contributed by atoms with Crippen LogP contribution in [0.25, 0.3) is 0 Å². The van der Waals surface area contributed by atoms with Crippen LogP contribution in [0.2, 0.25) is 0 Å². The third kappa shape index (κ3) is 12.1. The maximum atomic E-state index is 8.71. The molecule has 1 unspecified atom stereocenters. The van der Waals surface area contributed by atoms with Crippen molar-refractivity contribution >= 4 is 11.6 Å². The molecule has 0 radical (unpaired) electrons. The van der Waals surface area contributed by atoms with Gasteiger partial charge in [-0.2, -0.15) is 0 Å². The Morgan fingerprint density at radius 3 is 2.15 bits per heavy atom. The predicted octanol–water partition coefficient (Wildman–Crippen LogP) is 0.613. The molecule has 0 amide bonds. The smallest absolute Gasteiger partial charge is 0.151 e. The lowest BCUT2D eigenvalue weighted by Crippen LogP contribution is -2.14. The van der Waals surface area contributed by atoms with Gasteiger partial charge in [0.05, 0.1) is 33.0 Å². The number of aliphatic hydroxyl groups is 1. The van der Waals surface area contributed by atoms with Crippen molar-refractivity contribution < 1.29 is 19.3 Å². The molecule has 80 valence electrons. The van der Waals surface area contributed by atoms with Gasteiger partial charge < -0.3 is 19.3 Å². The monoisotopic (exact) mass is 212 g/mol. The number of hydrogen-bond acceptors (Lipinski definition) is 4. The number of ether oxygens (including phenoxy) is 3. The quantitative estimate of drug-likeness (QED) is 0.346. The minimum absolute atomic E-state index is 0.396. The molecule has 4 nitrogen and oxygen atoms in total. The minimum Gasteiger partial charge on any atom is -0.378 e. The first-order valence-electron chi connectivity index (χ1n) is 4.28. The standard InChI is InChI=1S/C8H17ClO4/c1-8(10)13-7-6-12-5-4-11-3-2-9/h8,10H,2-7H2,1H3. The van der Waals surface area contributed by atoms with E-state index in [9.17, 15) is 0 Å². The second kappa shape index (κ2) is 10.2. The van der Waals surface area contributed by atoms with Gasteiger partial charge in [0.1, 0.15) is 0 Å². The van der Waals surface area contributed by atoms with Gasteiger partial charge in [0.2, 0.25) is 0 Å². The summed E-state index contributed by atoms with van der Waals surface area (Å²) in [7, 11) is 0. The molecule has 1 atom stereocenters. The molecule has 1 N–H and O–H groups in total. The first-order valence-corrected chi connectivity index (χ1v) is 4.82. The zero-order chi connectivity index (χ0) is 9.94. The Morgan fingerprint density at radius 2 is 1.62 bits per heavy atom. The van der Waals surface area contributed by atoms with Gasteiger partial charge in [-0.05, 0) is 6.92 Å². The third-order valence-corrected chi connectivity index (χ3v) is 1.33. The second-order valence-corrected chi connectivity index (χ2v) is 2.76. The molecular formula is C8H17ClO4. The zero-order valence-corrected chi connectivity index (χ0v) is 8.63. The van der Waals surface area contributed by atoms with Crippen LogP contribution in [0.5, 0.6) is 0 Å². The van der Waals surface area contributed by atoms with Crippen molar-refractivity contribution in [2.75, 3.05) is 38.9 Å². The number of alkyl halides is 1. The number of aliphatic hydroxyl groups excluding tert-OH is 1. The Bertz CT molecular complexity index is 100. The maximum absolute atomic E-state index is 8.71. The highest BCUT2D eigenvalue weighted by atomic mass is 35.5. The van der Waals surface area contributed by atoms with Crippen molar-refractivity contribution in [2.24, 2.45) is 0 Å². The number of halogens is 1. The molecule has 13 heavy (non-hydrogen) atoms. The van der Waals surface area contributed by atoms with Crippen molar-refractivity contribution in [1.29, 1.82) is 0 Å². The molecule has 0 rings (SSSR count). The normalized spacial score (nSPS) is 13.2. The molecule has 0 fully saturated rings. The topological polar surface area (TPSA) is 47.9 Å². The molecule has 0 saturated heterocycles. The Hall–Kier alpha value is 0.130. The Labute approximate surface area is 83.7 Å². The van der Waals surface area contributed by atoms with Crippen LogP contribution in [-0.2, 0) is 14.2 Å². The van der Waals surface area contributed by atoms with E-state index in [0.717, 1.165) is 0 Å². The van der Waals surface area contributed by atoms with E-state index >= 15 is 0 Å². The summed E-state index contributed by atoms with van der Waals surface area (Å²) < 4.78 is 15.0. The molecule has 0 aliphatic rings. The van der Waals surface area contributed by atoms with Crippen LogP contribution in [0.4, 0.5) is 0 Å². The first-order chi connectivity index (χ1) is 6.27. The summed E-state index contributed by atoms with van der Waals surface area (Å²) in [4.78, 5) is 0. The summed E-state index contributed by atoms with van der Waals surface area (Å²) in [5.41, 5.74) is 0. The fraction of sp³-hybridized carbons (Fsp3) is 1.00. The molecule has 0 aromatic carbocycles. The minimum atomic E-state index is -0.726. The van der Waals surface area contributed by atoms with E-state index in [1.807, 2.05) is 0 Å². The van der Waals surface area contributed by atoms with Gasteiger partial charge in [0.25, 0.3) is 0 Å². The van der Waals surface area contributed by atoms with Crippen LogP contribution < -0.4 is 0 Å². The van der Waals surface area contributed by atoms with E-state index in [1.165, 1.54) is 0 Å². The third-order valence-electron chi connectivity index (χ3n) is 1.18. The fourth-order valence-electron chi connectivity index (χ4n) is 0.654. The molecular weight excluding hydrogens is 196 g/mol. The van der Waals surface area contributed by atoms with Crippen LogP contribution in [0.15, 0.2) is 0 Å². The van der Waals surface area contributed by atoms with Gasteiger partial charge in [-0.15, -0.1) is 11.6 Å². The highest BCUT2D eigenvalue weighted by molar-refractivity contribution is 6.17. The van der Waals surface area contributed by atoms with Gasteiger partial charge in [0.15, 0.2) is 6.29 Å². The largest absolute Gasteiger partial charge is 0.378 e. The van der Waals surface area contributed by atoms with Gasteiger partial charge in [0, 0.05) is 5.88 Å². The summed E-state index contributed by atoms with van der Waals surface area (Å²) >= 11 is 5.39. The summed E-state index contributed by atoms with van der Waals surface area (Å²) in [6.45, 7) is 4.04. The highest BCUT2D eigenvalue weighted by Crippen LogP contribution is 1.85. The van der Waals surface area contributed by atoms with E-state index < -0.39 is 6.29 Å². The van der Waals surface area contributed by atoms with E-state index in [4.69, 9.17) is 30.9 Å². The lowest BCUT2D eigenvalue weighted by Gasteiger charge is -2.07. The summed E-state index contributed by atoms with van der Waals surface area (Å²) in [5, 5.41) is 8.71. The Balaban J connectivity index is 2.84. The van der Waals surface area contributed by atoms with Crippen LogP contribution in [0.3, 0.4) is 0 Å². The van der Waals surface area contributed by atoms with Crippen LogP contribution in [0.1, 0.15) is 6.92 Å². The first kappa shape index (κ1) is 13.1. The van der Waals surface area contributed by atoms with Crippen LogP contribution in [-0.4, -0.2) is 50.3 Å². The van der Waals surface area contributed by atoms with Gasteiger partial charge in [-0.3, -0.25) is 0 Å². The van der Waals surface area contributed by atoms with Gasteiger partial charge >= 0.3 is 0 Å². The van der Waals surface area contributed by atoms with E-state index in [1.54, 1.807) is 6.92 Å². The Morgan fingerprint density at radius 1 is 1.08 bits per heavy atom. The lowest BCUT2D eigenvalue weighted by atomic mass is 10.7. The van der Waals surface area contributed by atoms with E-state index in [-0.39, 0.29) is 0 Å². The lowest BCUT2D eigenvalue weighted by molar-refractivity contribution is -0.101. The average Bonchev–Trinajstić information content (AvgIpc) is 2.09. The molecule has 0 heterocycles. The van der Waals surface area contributed by atoms with Crippen LogP contribution >= 0.6 is 11.6 Å². The Kier molecular flexibility index (Phi) is 10.3. The SMILES string of the molecule is CC(O)OCCOCCOCCCl. The molecule has 0 spiro atoms. The zero-order valence-electron chi connectivity index (χ0n) is 7.87. The second-order valence-electron chi connectivity index (χ2n) is 2.38. The van der Waals surface area contributed by atoms with Crippen LogP contribution in [0, 0.1) is 0 Å². The molecule has 0 aromatic rings. The average molecular weight is 213 g/mol. The van der Waals surface area contributed by atoms with Crippen molar-refractivity contribution in [3.8, 4) is 0 Å².